The van der Waals surface area contributed by atoms with Crippen LogP contribution < -0.4 is 5.32 Å². The molecule has 0 saturated carbocycles. The summed E-state index contributed by atoms with van der Waals surface area (Å²) in [4.78, 5) is 49.3. The third kappa shape index (κ3) is 2.07. The van der Waals surface area contributed by atoms with Gasteiger partial charge in [0.1, 0.15) is 6.04 Å². The monoisotopic (exact) mass is 320 g/mol. The number of nitrogens with one attached hydrogen (secondary N) is 1. The minimum Gasteiger partial charge on any atom is -0.295 e. The first-order chi connectivity index (χ1) is 10.4. The summed E-state index contributed by atoms with van der Waals surface area (Å²) >= 11 is 0. The molecule has 0 spiro atoms. The van der Waals surface area contributed by atoms with Crippen LogP contribution in [0.1, 0.15) is 33.6 Å². The van der Waals surface area contributed by atoms with E-state index in [0.29, 0.717) is 0 Å². The lowest BCUT2D eigenvalue weighted by atomic mass is 10.0. The molecule has 1 aromatic rings. The molecule has 4 amide bonds. The number of hydrogen-bond donors (Lipinski definition) is 1. The molecule has 2 atom stereocenters. The molecule has 2 aliphatic heterocycles. The summed E-state index contributed by atoms with van der Waals surface area (Å²) in [7, 11) is -1.44. The molecule has 2 heterocycles. The predicted molar refractivity (Wildman–Crippen MR) is 75.4 cm³/mol. The Bertz CT molecular complexity index is 758. The van der Waals surface area contributed by atoms with E-state index in [0.717, 1.165) is 4.90 Å². The highest BCUT2D eigenvalue weighted by Gasteiger charge is 2.45. The highest BCUT2D eigenvalue weighted by molar-refractivity contribution is 7.84. The summed E-state index contributed by atoms with van der Waals surface area (Å²) in [5, 5.41) is 2.13. The molecule has 1 aromatic carbocycles. The van der Waals surface area contributed by atoms with E-state index in [1.54, 1.807) is 6.07 Å². The summed E-state index contributed by atoms with van der Waals surface area (Å²) in [6.45, 7) is 0. The van der Waals surface area contributed by atoms with Crippen LogP contribution in [0.15, 0.2) is 23.1 Å². The quantitative estimate of drug-likeness (QED) is 0.762. The third-order valence-corrected chi connectivity index (χ3v) is 4.70. The fraction of sp³-hybridized carbons (Fsp3) is 0.286. The first kappa shape index (κ1) is 14.6. The van der Waals surface area contributed by atoms with Crippen molar-refractivity contribution in [1.29, 1.82) is 0 Å². The Hall–Kier alpha value is -2.35. The number of carbonyl (C=O) groups excluding carboxylic acids is 4. The molecular formula is C14H12N2O5S. The topological polar surface area (TPSA) is 101 Å². The van der Waals surface area contributed by atoms with Crippen LogP contribution >= 0.6 is 0 Å². The zero-order valence-corrected chi connectivity index (χ0v) is 12.4. The summed E-state index contributed by atoms with van der Waals surface area (Å²) in [5.74, 6) is -2.32. The van der Waals surface area contributed by atoms with Crippen LogP contribution in [0, 0.1) is 0 Å². The van der Waals surface area contributed by atoms with E-state index in [1.807, 2.05) is 0 Å². The second-order valence-corrected chi connectivity index (χ2v) is 6.43. The van der Waals surface area contributed by atoms with Gasteiger partial charge >= 0.3 is 0 Å². The van der Waals surface area contributed by atoms with E-state index < -0.39 is 40.5 Å². The second-order valence-electron chi connectivity index (χ2n) is 5.08. The van der Waals surface area contributed by atoms with Gasteiger partial charge in [0.2, 0.25) is 11.8 Å². The number of fused-ring (bicyclic) bond motifs is 1. The smallest absolute Gasteiger partial charge is 0.263 e. The molecule has 0 radical (unpaired) electrons. The Morgan fingerprint density at radius 1 is 1.18 bits per heavy atom. The van der Waals surface area contributed by atoms with Crippen molar-refractivity contribution in [2.45, 2.75) is 23.8 Å². The maximum absolute atomic E-state index is 12.6. The van der Waals surface area contributed by atoms with Crippen molar-refractivity contribution in [2.75, 3.05) is 6.26 Å². The Labute approximate surface area is 128 Å². The number of hydrogen-bond acceptors (Lipinski definition) is 5. The van der Waals surface area contributed by atoms with Gasteiger partial charge in [0.15, 0.2) is 0 Å². The van der Waals surface area contributed by atoms with Crippen molar-refractivity contribution >= 4 is 34.4 Å². The number of amides is 4. The van der Waals surface area contributed by atoms with Crippen LogP contribution in [-0.2, 0) is 20.4 Å². The molecule has 8 heteroatoms. The molecule has 114 valence electrons. The first-order valence-electron chi connectivity index (χ1n) is 6.60. The third-order valence-electron chi connectivity index (χ3n) is 3.74. The van der Waals surface area contributed by atoms with E-state index in [4.69, 9.17) is 0 Å². The molecule has 1 fully saturated rings. The highest BCUT2D eigenvalue weighted by Crippen LogP contribution is 2.30. The van der Waals surface area contributed by atoms with Crippen LogP contribution in [0.25, 0.3) is 0 Å². The lowest BCUT2D eigenvalue weighted by molar-refractivity contribution is -0.136. The Balaban J connectivity index is 2.04. The molecule has 2 unspecified atom stereocenters. The van der Waals surface area contributed by atoms with Crippen molar-refractivity contribution in [2.24, 2.45) is 0 Å². The number of carbonyl (C=O) groups is 4. The van der Waals surface area contributed by atoms with Gasteiger partial charge in [-0.25, -0.2) is 0 Å². The van der Waals surface area contributed by atoms with Crippen LogP contribution in [0.5, 0.6) is 0 Å². The summed E-state index contributed by atoms with van der Waals surface area (Å²) in [5.41, 5.74) is 0.223. The number of rotatable bonds is 2. The summed E-state index contributed by atoms with van der Waals surface area (Å²) in [6, 6.07) is 3.53. The Morgan fingerprint density at radius 2 is 1.91 bits per heavy atom. The van der Waals surface area contributed by atoms with Crippen molar-refractivity contribution in [1.82, 2.24) is 10.2 Å². The van der Waals surface area contributed by atoms with Crippen LogP contribution in [0.4, 0.5) is 0 Å². The zero-order valence-electron chi connectivity index (χ0n) is 11.6. The van der Waals surface area contributed by atoms with Crippen molar-refractivity contribution in [3.63, 3.8) is 0 Å². The van der Waals surface area contributed by atoms with E-state index in [2.05, 4.69) is 5.32 Å². The summed E-state index contributed by atoms with van der Waals surface area (Å²) < 4.78 is 11.8. The van der Waals surface area contributed by atoms with Crippen LogP contribution in [0.3, 0.4) is 0 Å². The van der Waals surface area contributed by atoms with Crippen LogP contribution in [-0.4, -0.2) is 45.0 Å². The maximum atomic E-state index is 12.6. The fourth-order valence-electron chi connectivity index (χ4n) is 2.72. The number of benzene rings is 1. The van der Waals surface area contributed by atoms with E-state index in [1.165, 1.54) is 18.4 Å². The van der Waals surface area contributed by atoms with Gasteiger partial charge in [0, 0.05) is 12.7 Å². The lowest BCUT2D eigenvalue weighted by Crippen LogP contribution is -2.54. The number of imide groups is 2. The first-order valence-corrected chi connectivity index (χ1v) is 8.15. The SMILES string of the molecule is CS(=O)c1cccc2c1C(=O)N(C1CCC(=O)NC1=O)C2=O. The number of nitrogens with zero attached hydrogens (tertiary/aromatic N) is 1. The van der Waals surface area contributed by atoms with Gasteiger partial charge in [-0.05, 0) is 18.6 Å². The van der Waals surface area contributed by atoms with Gasteiger partial charge < -0.3 is 0 Å². The van der Waals surface area contributed by atoms with Crippen molar-refractivity contribution < 1.29 is 23.4 Å². The largest absolute Gasteiger partial charge is 0.295 e. The summed E-state index contributed by atoms with van der Waals surface area (Å²) in [6.07, 6.45) is 1.58. The second kappa shape index (κ2) is 5.13. The molecule has 0 aliphatic carbocycles. The maximum Gasteiger partial charge on any atom is 0.263 e. The van der Waals surface area contributed by atoms with Gasteiger partial charge in [-0.3, -0.25) is 33.6 Å². The van der Waals surface area contributed by atoms with Gasteiger partial charge in [-0.1, -0.05) is 6.07 Å². The molecule has 1 saturated heterocycles. The van der Waals surface area contributed by atoms with E-state index in [-0.39, 0.29) is 28.9 Å². The Kier molecular flexibility index (Phi) is 3.40. The molecular weight excluding hydrogens is 308 g/mol. The average Bonchev–Trinajstić information content (AvgIpc) is 2.72. The van der Waals surface area contributed by atoms with Gasteiger partial charge in [-0.15, -0.1) is 0 Å². The Morgan fingerprint density at radius 3 is 2.55 bits per heavy atom. The van der Waals surface area contributed by atoms with Gasteiger partial charge in [0.05, 0.1) is 26.8 Å². The highest BCUT2D eigenvalue weighted by atomic mass is 32.2. The minimum absolute atomic E-state index is 0.0659. The normalized spacial score (nSPS) is 22.6. The number of piperidine rings is 1. The van der Waals surface area contributed by atoms with Crippen molar-refractivity contribution in [3.05, 3.63) is 29.3 Å². The predicted octanol–water partition coefficient (Wildman–Crippen LogP) is -0.175. The molecule has 22 heavy (non-hydrogen) atoms. The molecule has 7 nitrogen and oxygen atoms in total. The molecule has 2 aliphatic rings. The van der Waals surface area contributed by atoms with E-state index >= 15 is 0 Å². The molecule has 0 aromatic heterocycles. The standard InChI is InChI=1S/C14H12N2O5S/c1-22(21)9-4-2-3-7-11(9)14(20)16(13(7)19)8-5-6-10(17)15-12(8)18/h2-4,8H,5-6H2,1H3,(H,15,17,18). The lowest BCUT2D eigenvalue weighted by Gasteiger charge is -2.27. The minimum atomic E-state index is -1.44. The zero-order chi connectivity index (χ0) is 16.0. The molecule has 3 rings (SSSR count). The average molecular weight is 320 g/mol. The molecule has 0 bridgehead atoms. The fourth-order valence-corrected chi connectivity index (χ4v) is 3.48. The molecule has 1 N–H and O–H groups in total. The van der Waals surface area contributed by atoms with E-state index in [9.17, 15) is 23.4 Å². The van der Waals surface area contributed by atoms with Gasteiger partial charge in [0.25, 0.3) is 11.8 Å². The van der Waals surface area contributed by atoms with Crippen LogP contribution in [0.2, 0.25) is 0 Å². The van der Waals surface area contributed by atoms with Crippen molar-refractivity contribution in [3.8, 4) is 0 Å². The van der Waals surface area contributed by atoms with Gasteiger partial charge in [-0.2, -0.15) is 0 Å².